The summed E-state index contributed by atoms with van der Waals surface area (Å²) in [6.45, 7) is 6.76. The second-order valence-corrected chi connectivity index (χ2v) is 7.38. The zero-order chi connectivity index (χ0) is 15.6. The Morgan fingerprint density at radius 3 is 2.29 bits per heavy atom. The molecule has 1 aliphatic rings. The number of anilines is 1. The first kappa shape index (κ1) is 16.1. The van der Waals surface area contributed by atoms with Gasteiger partial charge in [-0.15, -0.1) is 0 Å². The molecule has 6 nitrogen and oxygen atoms in total. The maximum Gasteiger partial charge on any atom is 0.243 e. The van der Waals surface area contributed by atoms with Crippen molar-refractivity contribution in [2.75, 3.05) is 39.0 Å². The lowest BCUT2D eigenvalue weighted by atomic mass is 10.3. The van der Waals surface area contributed by atoms with E-state index in [4.69, 9.17) is 10.5 Å². The van der Waals surface area contributed by atoms with Crippen molar-refractivity contribution in [2.45, 2.75) is 24.8 Å². The molecule has 1 aromatic rings. The molecule has 118 valence electrons. The molecule has 1 aliphatic heterocycles. The van der Waals surface area contributed by atoms with Crippen molar-refractivity contribution in [3.63, 3.8) is 0 Å². The number of nitrogens with two attached hydrogens (primary N) is 1. The molecule has 0 radical (unpaired) electrons. The molecule has 1 heterocycles. The molecule has 7 heteroatoms. The van der Waals surface area contributed by atoms with E-state index < -0.39 is 10.0 Å². The first-order valence-electron chi connectivity index (χ1n) is 7.04. The minimum Gasteiger partial charge on any atom is -0.495 e. The Labute approximate surface area is 126 Å². The van der Waals surface area contributed by atoms with Gasteiger partial charge in [-0.05, 0) is 32.0 Å². The van der Waals surface area contributed by atoms with Crippen LogP contribution >= 0.6 is 0 Å². The van der Waals surface area contributed by atoms with Gasteiger partial charge in [0, 0.05) is 32.2 Å². The molecule has 0 spiro atoms. The van der Waals surface area contributed by atoms with Crippen LogP contribution in [0.25, 0.3) is 0 Å². The summed E-state index contributed by atoms with van der Waals surface area (Å²) in [6, 6.07) is 5.03. The van der Waals surface area contributed by atoms with Gasteiger partial charge < -0.3 is 10.5 Å². The molecule has 0 atom stereocenters. The van der Waals surface area contributed by atoms with Crippen LogP contribution in [0, 0.1) is 0 Å². The molecule has 0 aliphatic carbocycles. The lowest BCUT2D eigenvalue weighted by molar-refractivity contribution is 0.154. The van der Waals surface area contributed by atoms with Crippen LogP contribution in [0.3, 0.4) is 0 Å². The molecule has 1 fully saturated rings. The van der Waals surface area contributed by atoms with Crippen molar-refractivity contribution in [3.05, 3.63) is 18.2 Å². The lowest BCUT2D eigenvalue weighted by Crippen LogP contribution is -2.50. The molecule has 0 saturated carbocycles. The Hall–Kier alpha value is -1.31. The second-order valence-electron chi connectivity index (χ2n) is 5.44. The number of hydrogen-bond acceptors (Lipinski definition) is 5. The molecule has 0 bridgehead atoms. The number of nitrogens with zero attached hydrogens (tertiary/aromatic N) is 2. The molecule has 1 saturated heterocycles. The standard InChI is InChI=1S/C14H23N3O3S/c1-11(2)16-6-8-17(9-7-16)21(18,19)12-4-5-14(20-3)13(15)10-12/h4-5,10-11H,6-9,15H2,1-3H3. The molecule has 21 heavy (non-hydrogen) atoms. The van der Waals surface area contributed by atoms with Gasteiger partial charge in [0.15, 0.2) is 0 Å². The van der Waals surface area contributed by atoms with Crippen LogP contribution in [0.4, 0.5) is 5.69 Å². The summed E-state index contributed by atoms with van der Waals surface area (Å²) < 4.78 is 31.8. The van der Waals surface area contributed by atoms with E-state index in [0.717, 1.165) is 13.1 Å². The van der Waals surface area contributed by atoms with Gasteiger partial charge in [0.1, 0.15) is 5.75 Å². The van der Waals surface area contributed by atoms with E-state index in [1.54, 1.807) is 12.1 Å². The fourth-order valence-corrected chi connectivity index (χ4v) is 3.94. The summed E-state index contributed by atoms with van der Waals surface area (Å²) >= 11 is 0. The largest absolute Gasteiger partial charge is 0.495 e. The zero-order valence-electron chi connectivity index (χ0n) is 12.7. The quantitative estimate of drug-likeness (QED) is 0.839. The number of nitrogen functional groups attached to an aromatic ring is 1. The van der Waals surface area contributed by atoms with Crippen LogP contribution in [0.5, 0.6) is 5.75 Å². The van der Waals surface area contributed by atoms with Crippen LogP contribution in [-0.2, 0) is 10.0 Å². The summed E-state index contributed by atoms with van der Waals surface area (Å²) in [7, 11) is -1.98. The molecule has 2 N–H and O–H groups in total. The highest BCUT2D eigenvalue weighted by molar-refractivity contribution is 7.89. The van der Waals surface area contributed by atoms with E-state index in [0.29, 0.717) is 30.6 Å². The topological polar surface area (TPSA) is 75.9 Å². The Morgan fingerprint density at radius 1 is 1.19 bits per heavy atom. The average Bonchev–Trinajstić information content (AvgIpc) is 2.47. The van der Waals surface area contributed by atoms with Crippen molar-refractivity contribution in [1.82, 2.24) is 9.21 Å². The van der Waals surface area contributed by atoms with Gasteiger partial charge >= 0.3 is 0 Å². The van der Waals surface area contributed by atoms with Gasteiger partial charge in [0.25, 0.3) is 0 Å². The van der Waals surface area contributed by atoms with Gasteiger partial charge in [-0.1, -0.05) is 0 Å². The summed E-state index contributed by atoms with van der Waals surface area (Å²) in [6.07, 6.45) is 0. The van der Waals surface area contributed by atoms with Gasteiger partial charge in [0.05, 0.1) is 17.7 Å². The predicted octanol–water partition coefficient (Wildman–Crippen LogP) is 0.992. The van der Waals surface area contributed by atoms with Crippen molar-refractivity contribution in [3.8, 4) is 5.75 Å². The van der Waals surface area contributed by atoms with Crippen molar-refractivity contribution >= 4 is 15.7 Å². The fraction of sp³-hybridized carbons (Fsp3) is 0.571. The molecule has 0 amide bonds. The van der Waals surface area contributed by atoms with Gasteiger partial charge in [0.2, 0.25) is 10.0 Å². The van der Waals surface area contributed by atoms with E-state index in [9.17, 15) is 8.42 Å². The molecule has 1 aromatic carbocycles. The number of methoxy groups -OCH3 is 1. The van der Waals surface area contributed by atoms with Crippen molar-refractivity contribution in [1.29, 1.82) is 0 Å². The minimum absolute atomic E-state index is 0.221. The molecule has 0 aromatic heterocycles. The number of rotatable bonds is 4. The third-order valence-electron chi connectivity index (χ3n) is 3.84. The smallest absolute Gasteiger partial charge is 0.243 e. The Morgan fingerprint density at radius 2 is 1.81 bits per heavy atom. The van der Waals surface area contributed by atoms with Crippen LogP contribution in [0.15, 0.2) is 23.1 Å². The number of hydrogen-bond donors (Lipinski definition) is 1. The molecular weight excluding hydrogens is 290 g/mol. The SMILES string of the molecule is COc1ccc(S(=O)(=O)N2CCN(C(C)C)CC2)cc1N. The van der Waals surface area contributed by atoms with E-state index in [1.165, 1.54) is 17.5 Å². The summed E-state index contributed by atoms with van der Waals surface area (Å²) in [5.41, 5.74) is 6.14. The maximum atomic E-state index is 12.6. The van der Waals surface area contributed by atoms with Crippen LogP contribution in [-0.4, -0.2) is 57.0 Å². The first-order chi connectivity index (χ1) is 9.86. The highest BCUT2D eigenvalue weighted by atomic mass is 32.2. The maximum absolute atomic E-state index is 12.6. The summed E-state index contributed by atoms with van der Waals surface area (Å²) in [4.78, 5) is 2.49. The average molecular weight is 313 g/mol. The fourth-order valence-electron chi connectivity index (χ4n) is 2.48. The first-order valence-corrected chi connectivity index (χ1v) is 8.48. The Balaban J connectivity index is 2.17. The molecule has 0 unspecified atom stereocenters. The molecule has 2 rings (SSSR count). The Bertz CT molecular complexity index is 593. The normalized spacial score (nSPS) is 18.1. The van der Waals surface area contributed by atoms with Gasteiger partial charge in [-0.3, -0.25) is 4.90 Å². The van der Waals surface area contributed by atoms with E-state index >= 15 is 0 Å². The van der Waals surface area contributed by atoms with Crippen molar-refractivity contribution < 1.29 is 13.2 Å². The minimum atomic E-state index is -3.49. The predicted molar refractivity (Wildman–Crippen MR) is 82.9 cm³/mol. The number of sulfonamides is 1. The van der Waals surface area contributed by atoms with Gasteiger partial charge in [-0.2, -0.15) is 4.31 Å². The number of benzene rings is 1. The number of ether oxygens (including phenoxy) is 1. The highest BCUT2D eigenvalue weighted by Gasteiger charge is 2.29. The summed E-state index contributed by atoms with van der Waals surface area (Å²) in [5.74, 6) is 0.485. The van der Waals surface area contributed by atoms with Crippen LogP contribution < -0.4 is 10.5 Å². The highest BCUT2D eigenvalue weighted by Crippen LogP contribution is 2.26. The lowest BCUT2D eigenvalue weighted by Gasteiger charge is -2.36. The number of piperazine rings is 1. The Kier molecular flexibility index (Phi) is 4.75. The third-order valence-corrected chi connectivity index (χ3v) is 5.74. The van der Waals surface area contributed by atoms with Crippen LogP contribution in [0.2, 0.25) is 0 Å². The van der Waals surface area contributed by atoms with E-state index in [1.807, 2.05) is 0 Å². The third kappa shape index (κ3) is 3.30. The van der Waals surface area contributed by atoms with Crippen LogP contribution in [0.1, 0.15) is 13.8 Å². The molecular formula is C14H23N3O3S. The zero-order valence-corrected chi connectivity index (χ0v) is 13.6. The van der Waals surface area contributed by atoms with E-state index in [2.05, 4.69) is 18.7 Å². The monoisotopic (exact) mass is 313 g/mol. The van der Waals surface area contributed by atoms with E-state index in [-0.39, 0.29) is 4.90 Å². The van der Waals surface area contributed by atoms with Gasteiger partial charge in [-0.25, -0.2) is 8.42 Å². The summed E-state index contributed by atoms with van der Waals surface area (Å²) in [5, 5.41) is 0. The second kappa shape index (κ2) is 6.21. The van der Waals surface area contributed by atoms with Crippen molar-refractivity contribution in [2.24, 2.45) is 0 Å².